The second kappa shape index (κ2) is 17.9. The first-order chi connectivity index (χ1) is 29.7. The van der Waals surface area contributed by atoms with Crippen LogP contribution in [0.25, 0.3) is 92.8 Å². The second-order valence-corrected chi connectivity index (χ2v) is 21.1. The fourth-order valence-electron chi connectivity index (χ4n) is 7.39. The van der Waals surface area contributed by atoms with Crippen LogP contribution in [0.5, 0.6) is 0 Å². The lowest BCUT2D eigenvalue weighted by Gasteiger charge is -2.00. The molecule has 0 aliphatic rings. The molecule has 0 saturated carbocycles. The van der Waals surface area contributed by atoms with Crippen LogP contribution < -0.4 is 0 Å². The summed E-state index contributed by atoms with van der Waals surface area (Å²) in [6, 6.07) is 80.1. The van der Waals surface area contributed by atoms with Crippen LogP contribution in [-0.2, 0) is 0 Å². The van der Waals surface area contributed by atoms with Crippen LogP contribution in [0.4, 0.5) is 0 Å². The molecule has 0 nitrogen and oxygen atoms in total. The highest BCUT2D eigenvalue weighted by molar-refractivity contribution is 7.73. The van der Waals surface area contributed by atoms with E-state index in [1.807, 2.05) is 0 Å². The average molecular weight is 877 g/mol. The number of hydrogen-bond acceptors (Lipinski definition) is 6. The van der Waals surface area contributed by atoms with Gasteiger partial charge in [0.05, 0.1) is 0 Å². The zero-order chi connectivity index (χ0) is 40.1. The lowest BCUT2D eigenvalue weighted by Crippen LogP contribution is -1.73. The van der Waals surface area contributed by atoms with Crippen LogP contribution in [-0.4, -0.2) is 0 Å². The van der Waals surface area contributed by atoms with Gasteiger partial charge in [-0.1, -0.05) is 208 Å². The molecule has 0 aliphatic heterocycles. The van der Waals surface area contributed by atoms with Gasteiger partial charge in [0.2, 0.25) is 0 Å². The van der Waals surface area contributed by atoms with Gasteiger partial charge < -0.3 is 0 Å². The van der Waals surface area contributed by atoms with Gasteiger partial charge in [-0.05, 0) is 137 Å². The second-order valence-electron chi connectivity index (χ2n) is 14.3. The van der Waals surface area contributed by atoms with E-state index in [2.05, 4.69) is 218 Å². The van der Waals surface area contributed by atoms with Crippen LogP contribution in [0.1, 0.15) is 0 Å². The molecule has 0 radical (unpaired) electrons. The summed E-state index contributed by atoms with van der Waals surface area (Å²) < 4.78 is 7.39. The fourth-order valence-corrected chi connectivity index (χ4v) is 13.2. The van der Waals surface area contributed by atoms with Crippen molar-refractivity contribution in [3.8, 4) is 0 Å². The summed E-state index contributed by atoms with van der Waals surface area (Å²) in [5.41, 5.74) is 0. The third-order valence-corrected chi connectivity index (χ3v) is 17.7. The molecule has 6 heteroatoms. The molecule has 10 heterocycles. The van der Waals surface area contributed by atoms with Crippen LogP contribution >= 0.6 is 62.0 Å². The smallest absolute Gasteiger partial charge is 0.0377 e. The highest BCUT2D eigenvalue weighted by Gasteiger charge is 2.00. The minimum absolute atomic E-state index is 1.22. The molecule has 19 rings (SSSR count). The Hall–Kier alpha value is -5.70. The Bertz CT molecular complexity index is 2900. The molecule has 12 bridgehead atoms. The quantitative estimate of drug-likeness (QED) is 0.133. The van der Waals surface area contributed by atoms with E-state index in [1.165, 1.54) is 92.8 Å². The maximum absolute atomic E-state index is 2.25. The van der Waals surface area contributed by atoms with Crippen LogP contribution in [0.15, 0.2) is 218 Å². The maximum atomic E-state index is 2.25. The van der Waals surface area contributed by atoms with Crippen LogP contribution in [0, 0.1) is 0 Å². The number of benzene rings is 9. The van der Waals surface area contributed by atoms with Crippen molar-refractivity contribution in [2.45, 2.75) is 0 Å². The molecule has 288 valence electrons. The molecule has 0 fully saturated rings. The van der Waals surface area contributed by atoms with Gasteiger partial charge in [-0.25, -0.2) is 0 Å². The van der Waals surface area contributed by atoms with Gasteiger partial charge in [-0.15, -0.1) is 0 Å². The molecule has 19 aromatic rings. The minimum Gasteiger partial charge on any atom is -0.0801 e. The van der Waals surface area contributed by atoms with Gasteiger partial charge in [-0.3, -0.25) is 0 Å². The Morgan fingerprint density at radius 1 is 0.150 bits per heavy atom. The Labute approximate surface area is 370 Å². The summed E-state index contributed by atoms with van der Waals surface area (Å²) in [6.45, 7) is 0. The van der Waals surface area contributed by atoms with E-state index in [9.17, 15) is 0 Å². The Morgan fingerprint density at radius 3 is 0.417 bits per heavy atom. The van der Waals surface area contributed by atoms with E-state index in [0.717, 1.165) is 0 Å². The molecule has 0 saturated heterocycles. The SMILES string of the molecule is c1ccc2c3ccc(cc3)ssc3ccc(cc3)c3ccccc3c3ccc(cc3)ssc3ccc(cc3)c3ccccc3c3ccc(cc3)ssc3ccc(cc3)c2c1. The average Bonchev–Trinajstić information content (AvgIpc) is 3.33. The van der Waals surface area contributed by atoms with E-state index in [-0.39, 0.29) is 0 Å². The monoisotopic (exact) mass is 876 g/mol. The summed E-state index contributed by atoms with van der Waals surface area (Å²) in [4.78, 5) is 0. The van der Waals surface area contributed by atoms with Crippen LogP contribution in [0.3, 0.4) is 0 Å². The van der Waals surface area contributed by atoms with Gasteiger partial charge in [0, 0.05) is 28.2 Å². The number of rotatable bonds is 0. The third-order valence-electron chi connectivity index (χ3n) is 10.5. The summed E-state index contributed by atoms with van der Waals surface area (Å²) in [5.74, 6) is 0. The minimum atomic E-state index is 1.22. The normalized spacial score (nSPS) is 11.0. The van der Waals surface area contributed by atoms with E-state index >= 15 is 0 Å². The zero-order valence-electron chi connectivity index (χ0n) is 32.2. The first-order valence-corrected chi connectivity index (χ1v) is 26.1. The lowest BCUT2D eigenvalue weighted by atomic mass is 10.1. The van der Waals surface area contributed by atoms with Gasteiger partial charge in [-0.2, -0.15) is 0 Å². The summed E-state index contributed by atoms with van der Waals surface area (Å²) in [5, 5.41) is 14.7. The van der Waals surface area contributed by atoms with Crippen molar-refractivity contribution in [3.63, 3.8) is 0 Å². The van der Waals surface area contributed by atoms with E-state index in [0.29, 0.717) is 0 Å². The van der Waals surface area contributed by atoms with Crippen molar-refractivity contribution in [2.24, 2.45) is 0 Å². The molecule has 0 spiro atoms. The summed E-state index contributed by atoms with van der Waals surface area (Å²) in [7, 11) is 10.8. The molecule has 0 N–H and O–H groups in total. The molecule has 0 aliphatic carbocycles. The summed E-state index contributed by atoms with van der Waals surface area (Å²) in [6.07, 6.45) is 0. The Balaban J connectivity index is 1.14. The molecule has 9 aromatic carbocycles. The summed E-state index contributed by atoms with van der Waals surface area (Å²) >= 11 is 0. The number of hydrogen-bond donors (Lipinski definition) is 0. The van der Waals surface area contributed by atoms with Crippen molar-refractivity contribution in [3.05, 3.63) is 218 Å². The predicted molar refractivity (Wildman–Crippen MR) is 277 cm³/mol. The first kappa shape index (κ1) is 38.5. The van der Waals surface area contributed by atoms with Crippen molar-refractivity contribution < 1.29 is 0 Å². The molecule has 0 unspecified atom stereocenters. The van der Waals surface area contributed by atoms with Gasteiger partial charge >= 0.3 is 0 Å². The van der Waals surface area contributed by atoms with Gasteiger partial charge in [0.25, 0.3) is 0 Å². The Morgan fingerprint density at radius 2 is 0.283 bits per heavy atom. The standard InChI is InChI=1S/C54H36S6/c1-2-8-50-38-15-27-44(28-16-38)56-58-46-31-19-40(20-32-46)52-10-5-6-12-54(52)42-23-35-48(36-24-42)60-59-47-33-21-41(22-34-47)53-11-4-3-9-51(53)39-17-29-45(30-18-39)57-55-43-25-13-37(14-26-43)49(50)7-1/h1-36H. The topological polar surface area (TPSA) is 0 Å². The highest BCUT2D eigenvalue weighted by Crippen LogP contribution is 2.29. The molecular formula is C54H36S6. The zero-order valence-corrected chi connectivity index (χ0v) is 37.1. The fraction of sp³-hybridized carbons (Fsp3) is 0. The third kappa shape index (κ3) is 8.63. The lowest BCUT2D eigenvalue weighted by molar-refractivity contribution is 1.81. The largest absolute Gasteiger partial charge is 0.0801 e. The molecule has 10 aromatic heterocycles. The molecule has 60 heavy (non-hydrogen) atoms. The van der Waals surface area contributed by atoms with Crippen molar-refractivity contribution in [2.75, 3.05) is 0 Å². The molecule has 0 amide bonds. The Kier molecular flexibility index (Phi) is 11.5. The van der Waals surface area contributed by atoms with Gasteiger partial charge in [0.1, 0.15) is 0 Å². The van der Waals surface area contributed by atoms with Crippen molar-refractivity contribution in [1.82, 2.24) is 0 Å². The maximum Gasteiger partial charge on any atom is 0.0377 e. The van der Waals surface area contributed by atoms with Crippen molar-refractivity contribution >= 4 is 155 Å². The van der Waals surface area contributed by atoms with Crippen molar-refractivity contribution in [1.29, 1.82) is 0 Å². The van der Waals surface area contributed by atoms with E-state index in [4.69, 9.17) is 0 Å². The molecular weight excluding hydrogens is 841 g/mol. The highest BCUT2D eigenvalue weighted by atomic mass is 32.9. The van der Waals surface area contributed by atoms with E-state index < -0.39 is 0 Å². The first-order valence-electron chi connectivity index (χ1n) is 19.6. The van der Waals surface area contributed by atoms with Gasteiger partial charge in [0.15, 0.2) is 0 Å². The molecule has 0 atom stereocenters. The van der Waals surface area contributed by atoms with E-state index in [1.54, 1.807) is 62.0 Å². The predicted octanol–water partition coefficient (Wildman–Crippen LogP) is 19.2. The van der Waals surface area contributed by atoms with Crippen LogP contribution in [0.2, 0.25) is 0 Å².